The summed E-state index contributed by atoms with van der Waals surface area (Å²) < 4.78 is 18.1. The Kier molecular flexibility index (Phi) is 8.10. The van der Waals surface area contributed by atoms with Gasteiger partial charge in [0.05, 0.1) is 5.75 Å². The number of nitrogens with one attached hydrogen (secondary N) is 2. The number of ether oxygens (including phenoxy) is 1. The normalized spacial score (nSPS) is 11.4. The fourth-order valence-electron chi connectivity index (χ4n) is 1.41. The number of thioether (sulfide) groups is 1. The number of carbonyl (C=O) groups is 3. The van der Waals surface area contributed by atoms with Gasteiger partial charge in [0.1, 0.15) is 5.82 Å². The fourth-order valence-corrected chi connectivity index (χ4v) is 2.15. The van der Waals surface area contributed by atoms with Crippen LogP contribution in [0.4, 0.5) is 9.18 Å². The maximum absolute atomic E-state index is 13.3. The summed E-state index contributed by atoms with van der Waals surface area (Å²) in [6, 6.07) is 5.33. The summed E-state index contributed by atoms with van der Waals surface area (Å²) in [4.78, 5) is 34.6. The number of rotatable bonds is 7. The van der Waals surface area contributed by atoms with Crippen molar-refractivity contribution in [2.45, 2.75) is 31.2 Å². The Morgan fingerprint density at radius 1 is 1.30 bits per heavy atom. The van der Waals surface area contributed by atoms with Crippen LogP contribution in [0.15, 0.2) is 29.2 Å². The van der Waals surface area contributed by atoms with Crippen LogP contribution in [0.5, 0.6) is 0 Å². The van der Waals surface area contributed by atoms with E-state index in [2.05, 4.69) is 10.6 Å². The van der Waals surface area contributed by atoms with E-state index in [1.165, 1.54) is 6.07 Å². The van der Waals surface area contributed by atoms with Crippen LogP contribution in [0.2, 0.25) is 0 Å². The zero-order chi connectivity index (χ0) is 17.2. The lowest BCUT2D eigenvalue weighted by Crippen LogP contribution is -2.44. The molecule has 1 aromatic rings. The molecule has 0 bridgehead atoms. The summed E-state index contributed by atoms with van der Waals surface area (Å²) in [5.74, 6) is -1.96. The van der Waals surface area contributed by atoms with Crippen LogP contribution in [0, 0.1) is 5.82 Å². The Morgan fingerprint density at radius 3 is 2.65 bits per heavy atom. The van der Waals surface area contributed by atoms with E-state index in [1.807, 2.05) is 6.92 Å². The molecule has 0 aliphatic heterocycles. The van der Waals surface area contributed by atoms with E-state index in [4.69, 9.17) is 4.74 Å². The first-order chi connectivity index (χ1) is 10.9. The Morgan fingerprint density at radius 2 is 2.00 bits per heavy atom. The minimum Gasteiger partial charge on any atom is -0.455 e. The maximum Gasteiger partial charge on any atom is 0.321 e. The van der Waals surface area contributed by atoms with Gasteiger partial charge in [-0.25, -0.2) is 9.18 Å². The summed E-state index contributed by atoms with van der Waals surface area (Å²) in [6.07, 6.45) is 0.726. The highest BCUT2D eigenvalue weighted by molar-refractivity contribution is 8.00. The van der Waals surface area contributed by atoms with Crippen LogP contribution in [0.3, 0.4) is 0 Å². The van der Waals surface area contributed by atoms with Crippen molar-refractivity contribution in [3.05, 3.63) is 30.1 Å². The first-order valence-electron chi connectivity index (χ1n) is 7.05. The molecule has 0 aromatic heterocycles. The molecule has 1 aromatic carbocycles. The van der Waals surface area contributed by atoms with Crippen LogP contribution in [-0.2, 0) is 14.3 Å². The zero-order valence-electron chi connectivity index (χ0n) is 12.9. The number of hydrogen-bond acceptors (Lipinski definition) is 5. The summed E-state index contributed by atoms with van der Waals surface area (Å²) in [6.45, 7) is 3.12. The molecule has 0 heterocycles. The average molecular weight is 342 g/mol. The molecule has 0 saturated carbocycles. The number of carbonyl (C=O) groups excluding carboxylic acids is 3. The second-order valence-electron chi connectivity index (χ2n) is 4.71. The molecule has 0 aliphatic rings. The molecular formula is C15H19FN2O4S. The number of hydrogen-bond donors (Lipinski definition) is 2. The third-order valence-corrected chi connectivity index (χ3v) is 3.81. The Hall–Kier alpha value is -2.09. The molecule has 1 rings (SSSR count). The number of esters is 1. The van der Waals surface area contributed by atoms with Gasteiger partial charge in [0.15, 0.2) is 6.61 Å². The van der Waals surface area contributed by atoms with E-state index in [9.17, 15) is 18.8 Å². The van der Waals surface area contributed by atoms with Crippen molar-refractivity contribution >= 4 is 29.7 Å². The molecule has 3 amide bonds. The van der Waals surface area contributed by atoms with E-state index in [1.54, 1.807) is 25.1 Å². The zero-order valence-corrected chi connectivity index (χ0v) is 13.7. The van der Waals surface area contributed by atoms with Crippen LogP contribution < -0.4 is 10.6 Å². The van der Waals surface area contributed by atoms with Crippen molar-refractivity contribution in [2.75, 3.05) is 12.4 Å². The lowest BCUT2D eigenvalue weighted by molar-refractivity contribution is -0.145. The number of imide groups is 1. The second-order valence-corrected chi connectivity index (χ2v) is 5.73. The van der Waals surface area contributed by atoms with Crippen LogP contribution in [0.1, 0.15) is 20.3 Å². The van der Waals surface area contributed by atoms with Crippen LogP contribution >= 0.6 is 11.8 Å². The largest absolute Gasteiger partial charge is 0.455 e. The van der Waals surface area contributed by atoms with E-state index >= 15 is 0 Å². The Labute approximate surface area is 138 Å². The third-order valence-electron chi connectivity index (χ3n) is 2.79. The van der Waals surface area contributed by atoms with Gasteiger partial charge in [-0.3, -0.25) is 14.9 Å². The first-order valence-corrected chi connectivity index (χ1v) is 8.04. The second kappa shape index (κ2) is 9.83. The van der Waals surface area contributed by atoms with Crippen molar-refractivity contribution in [3.8, 4) is 0 Å². The monoisotopic (exact) mass is 342 g/mol. The molecule has 0 unspecified atom stereocenters. The highest BCUT2D eigenvalue weighted by atomic mass is 32.2. The predicted molar refractivity (Wildman–Crippen MR) is 84.5 cm³/mol. The lowest BCUT2D eigenvalue weighted by Gasteiger charge is -2.11. The van der Waals surface area contributed by atoms with Crippen molar-refractivity contribution in [3.63, 3.8) is 0 Å². The SMILES string of the molecule is CC[C@@H](C)NC(=O)NC(=O)COC(=O)CSc1ccccc1F. The molecule has 8 heteroatoms. The quantitative estimate of drug-likeness (QED) is 0.585. The van der Waals surface area contributed by atoms with E-state index in [0.717, 1.165) is 18.2 Å². The molecule has 6 nitrogen and oxygen atoms in total. The van der Waals surface area contributed by atoms with Gasteiger partial charge >= 0.3 is 12.0 Å². The summed E-state index contributed by atoms with van der Waals surface area (Å²) in [7, 11) is 0. The highest BCUT2D eigenvalue weighted by Gasteiger charge is 2.13. The molecule has 126 valence electrons. The fraction of sp³-hybridized carbons (Fsp3) is 0.400. The first kappa shape index (κ1) is 19.0. The summed E-state index contributed by atoms with van der Waals surface area (Å²) in [5.41, 5.74) is 0. The highest BCUT2D eigenvalue weighted by Crippen LogP contribution is 2.20. The van der Waals surface area contributed by atoms with Gasteiger partial charge in [-0.15, -0.1) is 11.8 Å². The van der Waals surface area contributed by atoms with Crippen molar-refractivity contribution in [2.24, 2.45) is 0 Å². The molecule has 0 radical (unpaired) electrons. The van der Waals surface area contributed by atoms with Crippen molar-refractivity contribution in [1.82, 2.24) is 10.6 Å². The Balaban J connectivity index is 2.26. The number of urea groups is 1. The minimum absolute atomic E-state index is 0.0671. The number of benzene rings is 1. The van der Waals surface area contributed by atoms with Gasteiger partial charge in [-0.05, 0) is 25.5 Å². The molecule has 1 atom stereocenters. The molecule has 2 N–H and O–H groups in total. The van der Waals surface area contributed by atoms with Gasteiger partial charge in [-0.1, -0.05) is 19.1 Å². The Bertz CT molecular complexity index is 568. The molecule has 0 spiro atoms. The van der Waals surface area contributed by atoms with Crippen LogP contribution in [0.25, 0.3) is 0 Å². The van der Waals surface area contributed by atoms with Crippen molar-refractivity contribution < 1.29 is 23.5 Å². The van der Waals surface area contributed by atoms with Crippen LogP contribution in [-0.4, -0.2) is 36.3 Å². The standard InChI is InChI=1S/C15H19FN2O4S/c1-3-10(2)17-15(21)18-13(19)8-22-14(20)9-23-12-7-5-4-6-11(12)16/h4-7,10H,3,8-9H2,1-2H3,(H2,17,18,19,21)/t10-/m1/s1. The molecule has 23 heavy (non-hydrogen) atoms. The predicted octanol–water partition coefficient (Wildman–Crippen LogP) is 2.09. The number of amides is 3. The van der Waals surface area contributed by atoms with Gasteiger partial charge in [0.25, 0.3) is 5.91 Å². The summed E-state index contributed by atoms with van der Waals surface area (Å²) in [5, 5.41) is 4.59. The maximum atomic E-state index is 13.3. The molecular weight excluding hydrogens is 323 g/mol. The smallest absolute Gasteiger partial charge is 0.321 e. The molecule has 0 saturated heterocycles. The topological polar surface area (TPSA) is 84.5 Å². The molecule has 0 fully saturated rings. The van der Waals surface area contributed by atoms with Gasteiger partial charge in [-0.2, -0.15) is 0 Å². The van der Waals surface area contributed by atoms with E-state index < -0.39 is 30.3 Å². The summed E-state index contributed by atoms with van der Waals surface area (Å²) >= 11 is 0.972. The van der Waals surface area contributed by atoms with Gasteiger partial charge < -0.3 is 10.1 Å². The van der Waals surface area contributed by atoms with Crippen molar-refractivity contribution in [1.29, 1.82) is 0 Å². The molecule has 0 aliphatic carbocycles. The third kappa shape index (κ3) is 7.64. The minimum atomic E-state index is -0.727. The van der Waals surface area contributed by atoms with E-state index in [0.29, 0.717) is 4.90 Å². The van der Waals surface area contributed by atoms with Gasteiger partial charge in [0, 0.05) is 10.9 Å². The number of halogens is 1. The van der Waals surface area contributed by atoms with E-state index in [-0.39, 0.29) is 11.8 Å². The lowest BCUT2D eigenvalue weighted by atomic mass is 10.3. The van der Waals surface area contributed by atoms with Gasteiger partial charge in [0.2, 0.25) is 0 Å². The average Bonchev–Trinajstić information content (AvgIpc) is 2.51.